The molecule has 0 aliphatic carbocycles. The number of nitriles is 1. The molecule has 3 aromatic rings. The zero-order valence-electron chi connectivity index (χ0n) is 19.6. The predicted octanol–water partition coefficient (Wildman–Crippen LogP) is 4.05. The fourth-order valence-corrected chi connectivity index (χ4v) is 4.44. The third-order valence-electron chi connectivity index (χ3n) is 6.51. The maximum atomic E-state index is 13.8. The Morgan fingerprint density at radius 3 is 2.56 bits per heavy atom. The van der Waals surface area contributed by atoms with Gasteiger partial charge in [-0.3, -0.25) is 9.59 Å². The molecule has 0 saturated carbocycles. The Hall–Kier alpha value is -4.27. The number of pyridine rings is 1. The Kier molecular flexibility index (Phi) is 6.26. The van der Waals surface area contributed by atoms with Crippen LogP contribution in [-0.4, -0.2) is 31.6 Å². The van der Waals surface area contributed by atoms with Crippen molar-refractivity contribution in [1.82, 2.24) is 25.1 Å². The average Bonchev–Trinajstić information content (AvgIpc) is 3.45. The van der Waals surface area contributed by atoms with Gasteiger partial charge in [0.15, 0.2) is 11.6 Å². The van der Waals surface area contributed by atoms with Crippen LogP contribution in [0.2, 0.25) is 0 Å². The molecule has 0 radical (unpaired) electrons. The van der Waals surface area contributed by atoms with E-state index in [1.54, 1.807) is 32.9 Å². The van der Waals surface area contributed by atoms with Crippen LogP contribution in [0, 0.1) is 11.3 Å². The molecule has 0 spiro atoms. The topological polar surface area (TPSA) is 126 Å². The van der Waals surface area contributed by atoms with Crippen LogP contribution in [0.3, 0.4) is 0 Å². The molecule has 2 N–H and O–H groups in total. The van der Waals surface area contributed by atoms with E-state index in [0.717, 1.165) is 12.1 Å². The standard InChI is InChI=1S/C24H22F3N7O2/c1-4-23(5-2)17-9-15(24(25,26)27)8-16(19(17)33-22(23)36)21(35)32-13(3)20-30-12-31-34(20)18-7-6-14(10-28)11-29-18/h6-9,11-13H,4-5H2,1-3H3,(H,32,35)(H,33,36)/t13-/m0/s1. The summed E-state index contributed by atoms with van der Waals surface area (Å²) in [5.41, 5.74) is -1.86. The normalized spacial score (nSPS) is 15.1. The molecule has 1 aliphatic rings. The number of benzene rings is 1. The smallest absolute Gasteiger partial charge is 0.342 e. The highest BCUT2D eigenvalue weighted by Gasteiger charge is 2.47. The lowest BCUT2D eigenvalue weighted by molar-refractivity contribution is -0.137. The van der Waals surface area contributed by atoms with Crippen LogP contribution in [0.15, 0.2) is 36.8 Å². The monoisotopic (exact) mass is 497 g/mol. The molecule has 2 aromatic heterocycles. The number of aromatic nitrogens is 4. The summed E-state index contributed by atoms with van der Waals surface area (Å²) in [5.74, 6) is -0.638. The predicted molar refractivity (Wildman–Crippen MR) is 122 cm³/mol. The molecule has 1 atom stereocenters. The van der Waals surface area contributed by atoms with Gasteiger partial charge in [0.2, 0.25) is 5.91 Å². The maximum absolute atomic E-state index is 13.8. The SMILES string of the molecule is CCC1(CC)C(=O)Nc2c(C(=O)N[C@@H](C)c3ncnn3-c3ccc(C#N)cn3)cc(C(F)(F)F)cc21. The largest absolute Gasteiger partial charge is 0.416 e. The lowest BCUT2D eigenvalue weighted by Crippen LogP contribution is -2.33. The molecule has 9 nitrogen and oxygen atoms in total. The number of amides is 2. The number of fused-ring (bicyclic) bond motifs is 1. The first-order chi connectivity index (χ1) is 17.1. The second kappa shape index (κ2) is 9.07. The van der Waals surface area contributed by atoms with E-state index < -0.39 is 35.0 Å². The van der Waals surface area contributed by atoms with Crippen molar-refractivity contribution in [3.8, 4) is 11.9 Å². The van der Waals surface area contributed by atoms with E-state index in [2.05, 4.69) is 25.7 Å². The zero-order valence-corrected chi connectivity index (χ0v) is 19.6. The summed E-state index contributed by atoms with van der Waals surface area (Å²) < 4.78 is 42.6. The number of anilines is 1. The Labute approximate surface area is 204 Å². The minimum Gasteiger partial charge on any atom is -0.342 e. The molecule has 4 rings (SSSR count). The van der Waals surface area contributed by atoms with Gasteiger partial charge in [-0.1, -0.05) is 13.8 Å². The number of halogens is 3. The van der Waals surface area contributed by atoms with Crippen LogP contribution >= 0.6 is 0 Å². The van der Waals surface area contributed by atoms with Gasteiger partial charge in [0.1, 0.15) is 12.4 Å². The van der Waals surface area contributed by atoms with Gasteiger partial charge in [-0.2, -0.15) is 28.2 Å². The van der Waals surface area contributed by atoms with E-state index in [1.807, 2.05) is 6.07 Å². The van der Waals surface area contributed by atoms with Crippen LogP contribution in [0.4, 0.5) is 18.9 Å². The molecule has 2 amide bonds. The quantitative estimate of drug-likeness (QED) is 0.529. The Bertz CT molecular complexity index is 1370. The first-order valence-electron chi connectivity index (χ1n) is 11.2. The number of nitrogens with one attached hydrogen (secondary N) is 2. The first kappa shape index (κ1) is 24.8. The average molecular weight is 497 g/mol. The number of carbonyl (C=O) groups is 2. The van der Waals surface area contributed by atoms with Gasteiger partial charge in [-0.25, -0.2) is 9.97 Å². The van der Waals surface area contributed by atoms with Gasteiger partial charge in [0.05, 0.1) is 33.8 Å². The lowest BCUT2D eigenvalue weighted by Gasteiger charge is -2.25. The number of rotatable bonds is 6. The summed E-state index contributed by atoms with van der Waals surface area (Å²) in [6, 6.07) is 5.96. The molecule has 0 saturated heterocycles. The molecular weight excluding hydrogens is 475 g/mol. The van der Waals surface area contributed by atoms with Crippen LogP contribution < -0.4 is 10.6 Å². The van der Waals surface area contributed by atoms with Crippen molar-refractivity contribution in [2.75, 3.05) is 5.32 Å². The number of hydrogen-bond donors (Lipinski definition) is 2. The Morgan fingerprint density at radius 1 is 1.25 bits per heavy atom. The van der Waals surface area contributed by atoms with Gasteiger partial charge in [-0.05, 0) is 49.6 Å². The summed E-state index contributed by atoms with van der Waals surface area (Å²) in [6.45, 7) is 5.05. The number of hydrogen-bond acceptors (Lipinski definition) is 6. The maximum Gasteiger partial charge on any atom is 0.416 e. The molecule has 12 heteroatoms. The fraction of sp³-hybridized carbons (Fsp3) is 0.333. The van der Waals surface area contributed by atoms with Crippen molar-refractivity contribution in [3.05, 3.63) is 64.9 Å². The second-order valence-corrected chi connectivity index (χ2v) is 8.43. The molecule has 0 bridgehead atoms. The second-order valence-electron chi connectivity index (χ2n) is 8.43. The molecule has 0 unspecified atom stereocenters. The molecule has 36 heavy (non-hydrogen) atoms. The molecule has 1 aliphatic heterocycles. The molecule has 1 aromatic carbocycles. The summed E-state index contributed by atoms with van der Waals surface area (Å²) >= 11 is 0. The minimum absolute atomic E-state index is 0.0802. The first-order valence-corrected chi connectivity index (χ1v) is 11.2. The third-order valence-corrected chi connectivity index (χ3v) is 6.51. The van der Waals surface area contributed by atoms with Crippen molar-refractivity contribution >= 4 is 17.5 Å². The van der Waals surface area contributed by atoms with Gasteiger partial charge < -0.3 is 10.6 Å². The van der Waals surface area contributed by atoms with E-state index in [1.165, 1.54) is 17.2 Å². The Morgan fingerprint density at radius 2 is 1.97 bits per heavy atom. The molecular formula is C24H22F3N7O2. The summed E-state index contributed by atoms with van der Waals surface area (Å²) in [6.07, 6.45) is -1.55. The summed E-state index contributed by atoms with van der Waals surface area (Å²) in [4.78, 5) is 34.4. The van der Waals surface area contributed by atoms with Crippen molar-refractivity contribution < 1.29 is 22.8 Å². The number of alkyl halides is 3. The van der Waals surface area contributed by atoms with Gasteiger partial charge in [0, 0.05) is 6.20 Å². The van der Waals surface area contributed by atoms with Gasteiger partial charge >= 0.3 is 6.18 Å². The van der Waals surface area contributed by atoms with E-state index in [4.69, 9.17) is 5.26 Å². The number of nitrogens with zero attached hydrogens (tertiary/aromatic N) is 5. The highest BCUT2D eigenvalue weighted by atomic mass is 19.4. The van der Waals surface area contributed by atoms with Crippen LogP contribution in [0.5, 0.6) is 0 Å². The minimum atomic E-state index is -4.71. The fourth-order valence-electron chi connectivity index (χ4n) is 4.44. The van der Waals surface area contributed by atoms with Crippen LogP contribution in [-0.2, 0) is 16.4 Å². The Balaban J connectivity index is 1.71. The van der Waals surface area contributed by atoms with E-state index in [9.17, 15) is 22.8 Å². The van der Waals surface area contributed by atoms with Crippen molar-refractivity contribution in [2.24, 2.45) is 0 Å². The molecule has 186 valence electrons. The van der Waals surface area contributed by atoms with Gasteiger partial charge in [0.25, 0.3) is 5.91 Å². The number of carbonyl (C=O) groups excluding carboxylic acids is 2. The highest BCUT2D eigenvalue weighted by molar-refractivity contribution is 6.12. The van der Waals surface area contributed by atoms with Crippen molar-refractivity contribution in [2.45, 2.75) is 51.2 Å². The van der Waals surface area contributed by atoms with Crippen molar-refractivity contribution in [1.29, 1.82) is 5.26 Å². The van der Waals surface area contributed by atoms with E-state index >= 15 is 0 Å². The van der Waals surface area contributed by atoms with Gasteiger partial charge in [-0.15, -0.1) is 0 Å². The lowest BCUT2D eigenvalue weighted by atomic mass is 9.76. The summed E-state index contributed by atoms with van der Waals surface area (Å²) in [7, 11) is 0. The molecule has 3 heterocycles. The van der Waals surface area contributed by atoms with E-state index in [0.29, 0.717) is 11.4 Å². The van der Waals surface area contributed by atoms with Crippen LogP contribution in [0.1, 0.15) is 72.5 Å². The zero-order chi connectivity index (χ0) is 26.3. The highest BCUT2D eigenvalue weighted by Crippen LogP contribution is 2.47. The van der Waals surface area contributed by atoms with Crippen molar-refractivity contribution in [3.63, 3.8) is 0 Å². The third kappa shape index (κ3) is 4.06. The molecule has 0 fully saturated rings. The van der Waals surface area contributed by atoms with E-state index in [-0.39, 0.29) is 35.5 Å². The summed E-state index contributed by atoms with van der Waals surface area (Å²) in [5, 5.41) is 18.4. The van der Waals surface area contributed by atoms with Crippen LogP contribution in [0.25, 0.3) is 5.82 Å².